The number of likely N-dealkylation sites (tertiary alicyclic amines) is 1. The molecule has 110 valence electrons. The van der Waals surface area contributed by atoms with Gasteiger partial charge in [0.2, 0.25) is 0 Å². The summed E-state index contributed by atoms with van der Waals surface area (Å²) in [6, 6.07) is 6.34. The van der Waals surface area contributed by atoms with Crippen LogP contribution in [0.1, 0.15) is 49.3 Å². The van der Waals surface area contributed by atoms with Crippen molar-refractivity contribution in [2.75, 3.05) is 13.1 Å². The summed E-state index contributed by atoms with van der Waals surface area (Å²) >= 11 is 0. The summed E-state index contributed by atoms with van der Waals surface area (Å²) in [5.74, 6) is 0.320. The standard InChI is InChI=1S/C17H25FN2/c1-12-5-8-16(18)15(10-12)17-13(11-19)4-2-3-9-20(17)14-6-7-14/h5,8,10,13-14,17H,2-4,6-7,9,11,19H2,1H3. The van der Waals surface area contributed by atoms with Crippen LogP contribution in [0.3, 0.4) is 0 Å². The van der Waals surface area contributed by atoms with Gasteiger partial charge in [-0.1, -0.05) is 24.1 Å². The van der Waals surface area contributed by atoms with E-state index in [4.69, 9.17) is 5.73 Å². The summed E-state index contributed by atoms with van der Waals surface area (Å²) in [6.45, 7) is 3.79. The van der Waals surface area contributed by atoms with Crippen LogP contribution >= 0.6 is 0 Å². The van der Waals surface area contributed by atoms with Crippen LogP contribution in [0, 0.1) is 18.7 Å². The van der Waals surface area contributed by atoms with Crippen molar-refractivity contribution in [1.29, 1.82) is 0 Å². The lowest BCUT2D eigenvalue weighted by molar-refractivity contribution is 0.145. The molecular weight excluding hydrogens is 251 g/mol. The molecule has 2 nitrogen and oxygen atoms in total. The lowest BCUT2D eigenvalue weighted by Crippen LogP contribution is -2.37. The van der Waals surface area contributed by atoms with Gasteiger partial charge in [0, 0.05) is 17.6 Å². The molecule has 1 heterocycles. The maximum absolute atomic E-state index is 14.4. The minimum absolute atomic E-state index is 0.0633. The van der Waals surface area contributed by atoms with Gasteiger partial charge in [-0.05, 0) is 57.7 Å². The van der Waals surface area contributed by atoms with Crippen molar-refractivity contribution in [3.63, 3.8) is 0 Å². The molecule has 1 aromatic carbocycles. The number of halogens is 1. The first-order valence-electron chi connectivity index (χ1n) is 7.92. The SMILES string of the molecule is Cc1ccc(F)c(C2C(CN)CCCCN2C2CC2)c1. The van der Waals surface area contributed by atoms with E-state index in [9.17, 15) is 4.39 Å². The van der Waals surface area contributed by atoms with E-state index in [1.165, 1.54) is 25.7 Å². The predicted octanol–water partition coefficient (Wildman–Crippen LogP) is 3.40. The van der Waals surface area contributed by atoms with Crippen LogP contribution in [0.2, 0.25) is 0 Å². The van der Waals surface area contributed by atoms with Gasteiger partial charge < -0.3 is 5.73 Å². The normalized spacial score (nSPS) is 28.4. The van der Waals surface area contributed by atoms with Crippen molar-refractivity contribution in [3.05, 3.63) is 35.1 Å². The van der Waals surface area contributed by atoms with Crippen molar-refractivity contribution in [2.24, 2.45) is 11.7 Å². The van der Waals surface area contributed by atoms with Crippen molar-refractivity contribution in [2.45, 2.75) is 51.1 Å². The number of hydrogen-bond acceptors (Lipinski definition) is 2. The quantitative estimate of drug-likeness (QED) is 0.917. The fraction of sp³-hybridized carbons (Fsp3) is 0.647. The fourth-order valence-corrected chi connectivity index (χ4v) is 3.65. The first-order valence-corrected chi connectivity index (χ1v) is 7.92. The molecule has 1 saturated carbocycles. The van der Waals surface area contributed by atoms with Crippen LogP contribution in [-0.2, 0) is 0 Å². The molecule has 2 N–H and O–H groups in total. The molecule has 1 aromatic rings. The first-order chi connectivity index (χ1) is 9.70. The molecule has 1 aliphatic heterocycles. The van der Waals surface area contributed by atoms with Gasteiger partial charge in [0.25, 0.3) is 0 Å². The van der Waals surface area contributed by atoms with Gasteiger partial charge in [-0.2, -0.15) is 0 Å². The second-order valence-corrected chi connectivity index (χ2v) is 6.43. The molecule has 2 unspecified atom stereocenters. The third-order valence-electron chi connectivity index (χ3n) is 4.83. The van der Waals surface area contributed by atoms with E-state index in [1.807, 2.05) is 19.1 Å². The van der Waals surface area contributed by atoms with E-state index in [0.29, 0.717) is 18.5 Å². The molecule has 2 atom stereocenters. The average molecular weight is 276 g/mol. The first kappa shape index (κ1) is 14.0. The summed E-state index contributed by atoms with van der Waals surface area (Å²) in [5.41, 5.74) is 8.03. The molecule has 0 aromatic heterocycles. The zero-order chi connectivity index (χ0) is 14.1. The van der Waals surface area contributed by atoms with Gasteiger partial charge in [0.05, 0.1) is 0 Å². The molecule has 3 rings (SSSR count). The molecule has 2 aliphatic rings. The van der Waals surface area contributed by atoms with E-state index >= 15 is 0 Å². The minimum Gasteiger partial charge on any atom is -0.330 e. The van der Waals surface area contributed by atoms with E-state index < -0.39 is 0 Å². The van der Waals surface area contributed by atoms with E-state index in [2.05, 4.69) is 4.90 Å². The molecule has 1 aliphatic carbocycles. The number of aryl methyl sites for hydroxylation is 1. The number of benzene rings is 1. The minimum atomic E-state index is -0.0633. The second kappa shape index (κ2) is 5.82. The zero-order valence-electron chi connectivity index (χ0n) is 12.3. The second-order valence-electron chi connectivity index (χ2n) is 6.43. The lowest BCUT2D eigenvalue weighted by Gasteiger charge is -2.35. The zero-order valence-corrected chi connectivity index (χ0v) is 12.3. The molecule has 0 radical (unpaired) electrons. The topological polar surface area (TPSA) is 29.3 Å². The van der Waals surface area contributed by atoms with Crippen LogP contribution in [0.4, 0.5) is 4.39 Å². The summed E-state index contributed by atoms with van der Waals surface area (Å²) < 4.78 is 14.4. The third kappa shape index (κ3) is 2.75. The largest absolute Gasteiger partial charge is 0.330 e. The highest BCUT2D eigenvalue weighted by atomic mass is 19.1. The van der Waals surface area contributed by atoms with Crippen molar-refractivity contribution < 1.29 is 4.39 Å². The highest BCUT2D eigenvalue weighted by Gasteiger charge is 2.39. The Morgan fingerprint density at radius 2 is 2.05 bits per heavy atom. The molecule has 2 fully saturated rings. The van der Waals surface area contributed by atoms with Crippen molar-refractivity contribution in [3.8, 4) is 0 Å². The average Bonchev–Trinajstić information content (AvgIpc) is 3.26. The molecular formula is C17H25FN2. The smallest absolute Gasteiger partial charge is 0.128 e. The Bertz CT molecular complexity index is 470. The molecule has 0 spiro atoms. The Labute approximate surface area is 121 Å². The molecule has 3 heteroatoms. The Morgan fingerprint density at radius 3 is 2.75 bits per heavy atom. The highest BCUT2D eigenvalue weighted by molar-refractivity contribution is 5.28. The fourth-order valence-electron chi connectivity index (χ4n) is 3.65. The Kier molecular flexibility index (Phi) is 4.08. The molecule has 1 saturated heterocycles. The summed E-state index contributed by atoms with van der Waals surface area (Å²) in [6.07, 6.45) is 6.09. The lowest BCUT2D eigenvalue weighted by atomic mass is 9.88. The summed E-state index contributed by atoms with van der Waals surface area (Å²) in [4.78, 5) is 2.54. The van der Waals surface area contributed by atoms with Crippen LogP contribution < -0.4 is 5.73 Å². The maximum Gasteiger partial charge on any atom is 0.128 e. The molecule has 0 bridgehead atoms. The van der Waals surface area contributed by atoms with Gasteiger partial charge in [-0.3, -0.25) is 4.90 Å². The number of nitrogens with zero attached hydrogens (tertiary/aromatic N) is 1. The van der Waals surface area contributed by atoms with Gasteiger partial charge >= 0.3 is 0 Å². The van der Waals surface area contributed by atoms with Gasteiger partial charge in [-0.15, -0.1) is 0 Å². The number of rotatable bonds is 3. The number of nitrogens with two attached hydrogens (primary N) is 1. The maximum atomic E-state index is 14.4. The van der Waals surface area contributed by atoms with Crippen LogP contribution in [0.5, 0.6) is 0 Å². The molecule has 20 heavy (non-hydrogen) atoms. The van der Waals surface area contributed by atoms with E-state index in [0.717, 1.165) is 24.1 Å². The van der Waals surface area contributed by atoms with Crippen molar-refractivity contribution in [1.82, 2.24) is 4.90 Å². The predicted molar refractivity (Wildman–Crippen MR) is 80.0 cm³/mol. The van der Waals surface area contributed by atoms with E-state index in [1.54, 1.807) is 6.07 Å². The van der Waals surface area contributed by atoms with E-state index in [-0.39, 0.29) is 11.9 Å². The summed E-state index contributed by atoms with van der Waals surface area (Å²) in [5, 5.41) is 0. The van der Waals surface area contributed by atoms with Gasteiger partial charge in [-0.25, -0.2) is 4.39 Å². The Morgan fingerprint density at radius 1 is 1.25 bits per heavy atom. The Hall–Kier alpha value is -0.930. The van der Waals surface area contributed by atoms with Crippen LogP contribution in [0.15, 0.2) is 18.2 Å². The van der Waals surface area contributed by atoms with Crippen LogP contribution in [-0.4, -0.2) is 24.0 Å². The van der Waals surface area contributed by atoms with Gasteiger partial charge in [0.15, 0.2) is 0 Å². The van der Waals surface area contributed by atoms with Gasteiger partial charge in [0.1, 0.15) is 5.82 Å². The monoisotopic (exact) mass is 276 g/mol. The van der Waals surface area contributed by atoms with Crippen LogP contribution in [0.25, 0.3) is 0 Å². The Balaban J connectivity index is 2.00. The van der Waals surface area contributed by atoms with Crippen molar-refractivity contribution >= 4 is 0 Å². The third-order valence-corrected chi connectivity index (χ3v) is 4.83. The highest BCUT2D eigenvalue weighted by Crippen LogP contribution is 2.42. The molecule has 0 amide bonds. The number of hydrogen-bond donors (Lipinski definition) is 1. The summed E-state index contributed by atoms with van der Waals surface area (Å²) in [7, 11) is 0.